The number of benzene rings is 3. The van der Waals surface area contributed by atoms with E-state index in [9.17, 15) is 14.4 Å². The van der Waals surface area contributed by atoms with E-state index in [-0.39, 0.29) is 39.6 Å². The molecule has 0 saturated heterocycles. The summed E-state index contributed by atoms with van der Waals surface area (Å²) in [5.41, 5.74) is 4.03. The number of carbonyl (C=O) groups is 3. The molecule has 0 radical (unpaired) electrons. The third kappa shape index (κ3) is 8.41. The molecule has 0 aromatic heterocycles. The normalized spacial score (nSPS) is 12.6. The molecule has 0 spiro atoms. The molecule has 3 aromatic carbocycles. The number of fused-ring (bicyclic) bond motifs is 1. The number of rotatable bonds is 17. The van der Waals surface area contributed by atoms with Gasteiger partial charge in [0.25, 0.3) is 0 Å². The van der Waals surface area contributed by atoms with Crippen LogP contribution in [0.4, 0.5) is 0 Å². The zero-order chi connectivity index (χ0) is 32.1. The summed E-state index contributed by atoms with van der Waals surface area (Å²) >= 11 is 0. The molecule has 0 bridgehead atoms. The van der Waals surface area contributed by atoms with Crippen molar-refractivity contribution in [1.82, 2.24) is 0 Å². The smallest absolute Gasteiger partial charge is 0.330 e. The van der Waals surface area contributed by atoms with Crippen LogP contribution in [0.1, 0.15) is 28.7 Å². The fourth-order valence-corrected chi connectivity index (χ4v) is 5.26. The molecule has 0 aliphatic heterocycles. The molecule has 0 unspecified atom stereocenters. The van der Waals surface area contributed by atoms with Gasteiger partial charge in [0.2, 0.25) is 0 Å². The number of hydrogen-bond acceptors (Lipinski definition) is 9. The quantitative estimate of drug-likeness (QED) is 0.0870. The summed E-state index contributed by atoms with van der Waals surface area (Å²) in [7, 11) is 0. The van der Waals surface area contributed by atoms with Crippen molar-refractivity contribution >= 4 is 17.9 Å². The Hall–Kier alpha value is -5.31. The lowest BCUT2D eigenvalue weighted by Gasteiger charge is -2.32. The topological polar surface area (TPSA) is 107 Å². The van der Waals surface area contributed by atoms with Crippen LogP contribution in [0, 0.1) is 0 Å². The second kappa shape index (κ2) is 16.0. The van der Waals surface area contributed by atoms with Crippen LogP contribution in [0.15, 0.2) is 105 Å². The van der Waals surface area contributed by atoms with Gasteiger partial charge in [-0.2, -0.15) is 0 Å². The summed E-state index contributed by atoms with van der Waals surface area (Å²) in [6.45, 7) is 11.2. The predicted octanol–water partition coefficient (Wildman–Crippen LogP) is 5.29. The summed E-state index contributed by atoms with van der Waals surface area (Å²) in [5, 5.41) is 0. The first kappa shape index (κ1) is 32.6. The first-order valence-electron chi connectivity index (χ1n) is 14.5. The van der Waals surface area contributed by atoms with Gasteiger partial charge >= 0.3 is 17.9 Å². The van der Waals surface area contributed by atoms with Crippen LogP contribution in [0.5, 0.6) is 17.2 Å². The lowest BCUT2D eigenvalue weighted by molar-refractivity contribution is -0.139. The number of esters is 3. The Morgan fingerprint density at radius 2 is 0.978 bits per heavy atom. The van der Waals surface area contributed by atoms with E-state index in [2.05, 4.69) is 50.1 Å². The largest absolute Gasteiger partial charge is 0.490 e. The van der Waals surface area contributed by atoms with Gasteiger partial charge in [-0.05, 0) is 71.5 Å². The minimum Gasteiger partial charge on any atom is -0.490 e. The van der Waals surface area contributed by atoms with Crippen molar-refractivity contribution in [3.05, 3.63) is 127 Å². The molecular formula is C36H36O9. The Kier molecular flexibility index (Phi) is 11.6. The molecule has 4 rings (SSSR count). The maximum absolute atomic E-state index is 11.3. The predicted molar refractivity (Wildman–Crippen MR) is 167 cm³/mol. The number of carbonyl (C=O) groups excluding carboxylic acids is 3. The van der Waals surface area contributed by atoms with Crippen molar-refractivity contribution < 1.29 is 42.8 Å². The van der Waals surface area contributed by atoms with Crippen molar-refractivity contribution in [3.8, 4) is 17.2 Å². The van der Waals surface area contributed by atoms with E-state index in [0.29, 0.717) is 17.2 Å². The molecule has 0 fully saturated rings. The molecule has 9 heteroatoms. The van der Waals surface area contributed by atoms with Gasteiger partial charge in [0, 0.05) is 23.6 Å². The maximum atomic E-state index is 11.3. The fourth-order valence-electron chi connectivity index (χ4n) is 5.26. The van der Waals surface area contributed by atoms with Crippen molar-refractivity contribution in [3.63, 3.8) is 0 Å². The second-order valence-corrected chi connectivity index (χ2v) is 9.93. The van der Waals surface area contributed by atoms with E-state index in [1.807, 2.05) is 36.4 Å². The lowest BCUT2D eigenvalue weighted by atomic mass is 9.70. The van der Waals surface area contributed by atoms with Gasteiger partial charge in [-0.25, -0.2) is 14.4 Å². The molecule has 0 N–H and O–H groups in total. The molecule has 0 amide bonds. The zero-order valence-electron chi connectivity index (χ0n) is 25.0. The highest BCUT2D eigenvalue weighted by Gasteiger charge is 2.42. The maximum Gasteiger partial charge on any atom is 0.330 e. The molecule has 0 saturated carbocycles. The standard InChI is InChI=1S/C36H36O9/c1-4-33(37)43-22-19-40-29-11-7-27(8-12-29)36(28-9-13-30(14-10-28)41-20-23-44-34(38)5-2)18-17-26-25-31(15-16-32(26)36)42-21-24-45-35(39)6-3/h4-16,25H,1-3,17-24H2. The lowest BCUT2D eigenvalue weighted by Crippen LogP contribution is -2.26. The van der Waals surface area contributed by atoms with Gasteiger partial charge < -0.3 is 28.4 Å². The summed E-state index contributed by atoms with van der Waals surface area (Å²) in [6.07, 6.45) is 4.98. The third-order valence-corrected chi connectivity index (χ3v) is 7.29. The monoisotopic (exact) mass is 612 g/mol. The molecule has 0 heterocycles. The van der Waals surface area contributed by atoms with Gasteiger partial charge in [-0.1, -0.05) is 50.1 Å². The number of ether oxygens (including phenoxy) is 6. The average Bonchev–Trinajstić information content (AvgIpc) is 3.46. The summed E-state index contributed by atoms with van der Waals surface area (Å²) in [4.78, 5) is 33.9. The minimum absolute atomic E-state index is 0.121. The highest BCUT2D eigenvalue weighted by molar-refractivity contribution is 5.81. The molecule has 9 nitrogen and oxygen atoms in total. The van der Waals surface area contributed by atoms with Gasteiger partial charge in [-0.3, -0.25) is 0 Å². The summed E-state index contributed by atoms with van der Waals surface area (Å²) in [5.74, 6) is 0.534. The van der Waals surface area contributed by atoms with Crippen LogP contribution in [0.2, 0.25) is 0 Å². The van der Waals surface area contributed by atoms with Crippen molar-refractivity contribution in [2.24, 2.45) is 0 Å². The molecule has 1 aliphatic carbocycles. The van der Waals surface area contributed by atoms with Crippen molar-refractivity contribution in [2.45, 2.75) is 18.3 Å². The first-order chi connectivity index (χ1) is 21.9. The highest BCUT2D eigenvalue weighted by Crippen LogP contribution is 2.50. The number of aryl methyl sites for hydroxylation is 1. The van der Waals surface area contributed by atoms with Crippen LogP contribution in [0.3, 0.4) is 0 Å². The van der Waals surface area contributed by atoms with E-state index < -0.39 is 23.3 Å². The van der Waals surface area contributed by atoms with Crippen LogP contribution >= 0.6 is 0 Å². The van der Waals surface area contributed by atoms with Crippen LogP contribution in [-0.2, 0) is 40.4 Å². The second-order valence-electron chi connectivity index (χ2n) is 9.93. The van der Waals surface area contributed by atoms with Crippen LogP contribution in [-0.4, -0.2) is 57.5 Å². The van der Waals surface area contributed by atoms with E-state index >= 15 is 0 Å². The third-order valence-electron chi connectivity index (χ3n) is 7.29. The van der Waals surface area contributed by atoms with E-state index in [1.165, 1.54) is 0 Å². The Morgan fingerprint density at radius 3 is 1.40 bits per heavy atom. The van der Waals surface area contributed by atoms with Gasteiger partial charge in [0.15, 0.2) is 0 Å². The van der Waals surface area contributed by atoms with Gasteiger partial charge in [0.05, 0.1) is 0 Å². The average molecular weight is 613 g/mol. The highest BCUT2D eigenvalue weighted by atomic mass is 16.6. The Labute approximate surface area is 262 Å². The van der Waals surface area contributed by atoms with E-state index in [1.54, 1.807) is 0 Å². The van der Waals surface area contributed by atoms with E-state index in [0.717, 1.165) is 53.3 Å². The first-order valence-corrected chi connectivity index (χ1v) is 14.5. The van der Waals surface area contributed by atoms with E-state index in [4.69, 9.17) is 28.4 Å². The molecule has 234 valence electrons. The summed E-state index contributed by atoms with van der Waals surface area (Å²) < 4.78 is 32.4. The summed E-state index contributed by atoms with van der Waals surface area (Å²) in [6, 6.07) is 21.9. The molecule has 0 atom stereocenters. The van der Waals surface area contributed by atoms with Crippen LogP contribution in [0.25, 0.3) is 0 Å². The van der Waals surface area contributed by atoms with Gasteiger partial charge in [-0.15, -0.1) is 0 Å². The van der Waals surface area contributed by atoms with Crippen molar-refractivity contribution in [2.75, 3.05) is 39.6 Å². The Bertz CT molecular complexity index is 1430. The zero-order valence-corrected chi connectivity index (χ0v) is 25.0. The Balaban J connectivity index is 1.55. The SMILES string of the molecule is C=CC(=O)OCCOc1ccc(C2(c3ccc(OCCOC(=O)C=C)cc3)CCc3cc(OCCOC(=O)C=C)ccc32)cc1. The van der Waals surface area contributed by atoms with Gasteiger partial charge in [0.1, 0.15) is 56.9 Å². The molecule has 1 aliphatic rings. The minimum atomic E-state index is -0.493. The van der Waals surface area contributed by atoms with Crippen molar-refractivity contribution in [1.29, 1.82) is 0 Å². The van der Waals surface area contributed by atoms with Crippen LogP contribution < -0.4 is 14.2 Å². The molecule has 3 aromatic rings. The molecular weight excluding hydrogens is 576 g/mol. The fraction of sp³-hybridized carbons (Fsp3) is 0.250. The molecule has 45 heavy (non-hydrogen) atoms. The Morgan fingerprint density at radius 1 is 0.578 bits per heavy atom. The number of hydrogen-bond donors (Lipinski definition) is 0.